The van der Waals surface area contributed by atoms with Gasteiger partial charge in [0.15, 0.2) is 0 Å². The summed E-state index contributed by atoms with van der Waals surface area (Å²) in [6.45, 7) is 6.13. The monoisotopic (exact) mass is 257 g/mol. The predicted octanol–water partition coefficient (Wildman–Crippen LogP) is 3.54. The molecule has 0 saturated carbocycles. The number of rotatable bonds is 4. The largest absolute Gasteiger partial charge is 0.488 e. The van der Waals surface area contributed by atoms with Crippen molar-refractivity contribution in [1.82, 2.24) is 0 Å². The van der Waals surface area contributed by atoms with Crippen molar-refractivity contribution in [2.75, 3.05) is 0 Å². The number of nitrogens with two attached hydrogens (primary N) is 1. The van der Waals surface area contributed by atoms with Crippen molar-refractivity contribution in [3.05, 3.63) is 28.8 Å². The van der Waals surface area contributed by atoms with E-state index >= 15 is 0 Å². The van der Waals surface area contributed by atoms with Crippen LogP contribution in [0.4, 0.5) is 0 Å². The topological polar surface area (TPSA) is 35.2 Å². The quantitative estimate of drug-likeness (QED) is 0.838. The van der Waals surface area contributed by atoms with Crippen molar-refractivity contribution in [3.8, 4) is 5.75 Å². The van der Waals surface area contributed by atoms with Gasteiger partial charge >= 0.3 is 0 Å². The maximum absolute atomic E-state index is 6.05. The number of thiocarbonyl (C=S) groups is 1. The van der Waals surface area contributed by atoms with E-state index in [0.29, 0.717) is 15.6 Å². The van der Waals surface area contributed by atoms with Gasteiger partial charge in [-0.2, -0.15) is 0 Å². The van der Waals surface area contributed by atoms with Gasteiger partial charge in [-0.05, 0) is 38.5 Å². The zero-order valence-corrected chi connectivity index (χ0v) is 11.3. The second-order valence-electron chi connectivity index (χ2n) is 4.22. The van der Waals surface area contributed by atoms with E-state index in [9.17, 15) is 0 Å². The van der Waals surface area contributed by atoms with E-state index < -0.39 is 0 Å². The standard InChI is InChI=1S/C12H16ClNOS/c1-4-12(2,3)15-8-5-6-9(11(14)16)10(13)7-8/h5-7H,4H2,1-3H3,(H2,14,16). The second kappa shape index (κ2) is 5.02. The van der Waals surface area contributed by atoms with Crippen molar-refractivity contribution in [3.63, 3.8) is 0 Å². The van der Waals surface area contributed by atoms with Gasteiger partial charge in [0.05, 0.1) is 5.02 Å². The lowest BCUT2D eigenvalue weighted by molar-refractivity contribution is 0.105. The third-order valence-electron chi connectivity index (χ3n) is 2.45. The molecule has 2 nitrogen and oxygen atoms in total. The zero-order valence-electron chi connectivity index (χ0n) is 9.71. The molecular formula is C12H16ClNOS. The molecule has 0 fully saturated rings. The Kier molecular flexibility index (Phi) is 4.16. The molecule has 88 valence electrons. The van der Waals surface area contributed by atoms with Gasteiger partial charge in [0.1, 0.15) is 16.3 Å². The fourth-order valence-corrected chi connectivity index (χ4v) is 1.66. The summed E-state index contributed by atoms with van der Waals surface area (Å²) in [5.74, 6) is 0.733. The molecule has 1 aromatic carbocycles. The molecule has 2 N–H and O–H groups in total. The van der Waals surface area contributed by atoms with Crippen LogP contribution < -0.4 is 10.5 Å². The Labute approximate surface area is 107 Å². The lowest BCUT2D eigenvalue weighted by Crippen LogP contribution is -2.26. The van der Waals surface area contributed by atoms with Crippen LogP contribution in [0.1, 0.15) is 32.8 Å². The van der Waals surface area contributed by atoms with Gasteiger partial charge < -0.3 is 10.5 Å². The summed E-state index contributed by atoms with van der Waals surface area (Å²) in [4.78, 5) is 0.298. The first-order valence-corrected chi connectivity index (χ1v) is 5.92. The minimum absolute atomic E-state index is 0.200. The molecule has 0 aromatic heterocycles. The molecule has 0 bridgehead atoms. The highest BCUT2D eigenvalue weighted by Crippen LogP contribution is 2.26. The summed E-state index contributed by atoms with van der Waals surface area (Å²) in [5.41, 5.74) is 6.00. The highest BCUT2D eigenvalue weighted by Gasteiger charge is 2.17. The average molecular weight is 258 g/mol. The number of ether oxygens (including phenoxy) is 1. The van der Waals surface area contributed by atoms with Crippen LogP contribution >= 0.6 is 23.8 Å². The van der Waals surface area contributed by atoms with Crippen molar-refractivity contribution < 1.29 is 4.74 Å². The molecule has 1 aromatic rings. The maximum Gasteiger partial charge on any atom is 0.121 e. The second-order valence-corrected chi connectivity index (χ2v) is 5.07. The molecule has 0 aliphatic rings. The smallest absolute Gasteiger partial charge is 0.121 e. The van der Waals surface area contributed by atoms with Gasteiger partial charge in [-0.1, -0.05) is 30.7 Å². The summed E-state index contributed by atoms with van der Waals surface area (Å²) >= 11 is 10.9. The number of hydrogen-bond donors (Lipinski definition) is 1. The number of halogens is 1. The van der Waals surface area contributed by atoms with E-state index in [4.69, 9.17) is 34.3 Å². The lowest BCUT2D eigenvalue weighted by atomic mass is 10.1. The van der Waals surface area contributed by atoms with E-state index in [1.165, 1.54) is 0 Å². The zero-order chi connectivity index (χ0) is 12.3. The van der Waals surface area contributed by atoms with Crippen LogP contribution in [-0.4, -0.2) is 10.6 Å². The maximum atomic E-state index is 6.05. The van der Waals surface area contributed by atoms with Gasteiger partial charge in [0.2, 0.25) is 0 Å². The Morgan fingerprint density at radius 1 is 1.50 bits per heavy atom. The van der Waals surface area contributed by atoms with Gasteiger partial charge in [-0.25, -0.2) is 0 Å². The van der Waals surface area contributed by atoms with Gasteiger partial charge in [-0.3, -0.25) is 0 Å². The third kappa shape index (κ3) is 3.35. The highest BCUT2D eigenvalue weighted by molar-refractivity contribution is 7.80. The molecule has 0 amide bonds. The van der Waals surface area contributed by atoms with Gasteiger partial charge in [-0.15, -0.1) is 0 Å². The van der Waals surface area contributed by atoms with E-state index in [2.05, 4.69) is 6.92 Å². The van der Waals surface area contributed by atoms with Crippen LogP contribution in [0.15, 0.2) is 18.2 Å². The van der Waals surface area contributed by atoms with E-state index in [1.54, 1.807) is 12.1 Å². The van der Waals surface area contributed by atoms with Crippen LogP contribution in [-0.2, 0) is 0 Å². The Balaban J connectivity index is 2.94. The van der Waals surface area contributed by atoms with Gasteiger partial charge in [0, 0.05) is 5.56 Å². The first-order chi connectivity index (χ1) is 7.35. The van der Waals surface area contributed by atoms with Crippen LogP contribution in [0.2, 0.25) is 5.02 Å². The first-order valence-electron chi connectivity index (χ1n) is 5.14. The van der Waals surface area contributed by atoms with E-state index in [0.717, 1.165) is 12.2 Å². The van der Waals surface area contributed by atoms with Crippen LogP contribution in [0, 0.1) is 0 Å². The van der Waals surface area contributed by atoms with Crippen molar-refractivity contribution in [2.45, 2.75) is 32.8 Å². The normalized spacial score (nSPS) is 11.2. The predicted molar refractivity (Wildman–Crippen MR) is 72.3 cm³/mol. The summed E-state index contributed by atoms with van der Waals surface area (Å²) in [5, 5.41) is 0.525. The minimum atomic E-state index is -0.200. The van der Waals surface area contributed by atoms with E-state index in [-0.39, 0.29) is 5.60 Å². The third-order valence-corrected chi connectivity index (χ3v) is 2.98. The summed E-state index contributed by atoms with van der Waals surface area (Å²) in [6.07, 6.45) is 0.918. The Morgan fingerprint density at radius 2 is 2.12 bits per heavy atom. The Hall–Kier alpha value is -0.800. The molecule has 0 spiro atoms. The minimum Gasteiger partial charge on any atom is -0.488 e. The van der Waals surface area contributed by atoms with Crippen molar-refractivity contribution in [2.24, 2.45) is 5.73 Å². The highest BCUT2D eigenvalue weighted by atomic mass is 35.5. The Bertz CT molecular complexity index is 404. The molecule has 0 unspecified atom stereocenters. The van der Waals surface area contributed by atoms with Crippen LogP contribution in [0.3, 0.4) is 0 Å². The molecular weight excluding hydrogens is 242 g/mol. The fraction of sp³-hybridized carbons (Fsp3) is 0.417. The molecule has 0 saturated heterocycles. The number of hydrogen-bond acceptors (Lipinski definition) is 2. The molecule has 0 aliphatic carbocycles. The molecule has 1 rings (SSSR count). The lowest BCUT2D eigenvalue weighted by Gasteiger charge is -2.25. The fourth-order valence-electron chi connectivity index (χ4n) is 1.15. The SMILES string of the molecule is CCC(C)(C)Oc1ccc(C(N)=S)c(Cl)c1. The van der Waals surface area contributed by atoms with Crippen molar-refractivity contribution >= 4 is 28.8 Å². The average Bonchev–Trinajstić information content (AvgIpc) is 2.16. The van der Waals surface area contributed by atoms with Gasteiger partial charge in [0.25, 0.3) is 0 Å². The van der Waals surface area contributed by atoms with Crippen LogP contribution in [0.25, 0.3) is 0 Å². The molecule has 0 heterocycles. The van der Waals surface area contributed by atoms with Crippen LogP contribution in [0.5, 0.6) is 5.75 Å². The number of benzene rings is 1. The van der Waals surface area contributed by atoms with E-state index in [1.807, 2.05) is 19.9 Å². The molecule has 0 atom stereocenters. The van der Waals surface area contributed by atoms with Crippen molar-refractivity contribution in [1.29, 1.82) is 0 Å². The Morgan fingerprint density at radius 3 is 2.56 bits per heavy atom. The summed E-state index contributed by atoms with van der Waals surface area (Å²) in [7, 11) is 0. The summed E-state index contributed by atoms with van der Waals surface area (Å²) < 4.78 is 5.80. The molecule has 0 aliphatic heterocycles. The molecule has 0 radical (unpaired) electrons. The molecule has 16 heavy (non-hydrogen) atoms. The molecule has 4 heteroatoms. The summed E-state index contributed by atoms with van der Waals surface area (Å²) in [6, 6.07) is 5.36. The first kappa shape index (κ1) is 13.3.